The molecule has 0 saturated heterocycles. The van der Waals surface area contributed by atoms with Crippen molar-refractivity contribution in [3.8, 4) is 11.5 Å². The number of amides is 1. The van der Waals surface area contributed by atoms with Gasteiger partial charge in [-0.05, 0) is 49.1 Å². The van der Waals surface area contributed by atoms with Gasteiger partial charge in [0.2, 0.25) is 6.79 Å². The summed E-state index contributed by atoms with van der Waals surface area (Å²) in [5.74, 6) is 0.423. The fraction of sp³-hybridized carbons (Fsp3) is 0.273. The van der Waals surface area contributed by atoms with E-state index in [1.807, 2.05) is 25.1 Å². The lowest BCUT2D eigenvalue weighted by Gasteiger charge is -2.13. The molecule has 6 heteroatoms. The van der Waals surface area contributed by atoms with Gasteiger partial charge >= 0.3 is 5.97 Å². The van der Waals surface area contributed by atoms with E-state index in [4.69, 9.17) is 14.2 Å². The Labute approximate surface area is 164 Å². The summed E-state index contributed by atoms with van der Waals surface area (Å²) < 4.78 is 15.5. The Bertz CT molecular complexity index is 847. The number of rotatable bonds is 8. The van der Waals surface area contributed by atoms with Gasteiger partial charge in [-0.15, -0.1) is 0 Å². The minimum atomic E-state index is -0.579. The van der Waals surface area contributed by atoms with E-state index < -0.39 is 5.97 Å². The number of benzene rings is 2. The zero-order valence-corrected chi connectivity index (χ0v) is 15.7. The van der Waals surface area contributed by atoms with Crippen molar-refractivity contribution in [2.45, 2.75) is 25.8 Å². The van der Waals surface area contributed by atoms with E-state index in [1.165, 1.54) is 11.6 Å². The highest BCUT2D eigenvalue weighted by molar-refractivity contribution is 5.89. The van der Waals surface area contributed by atoms with E-state index in [1.54, 1.807) is 24.3 Å². The Morgan fingerprint density at radius 3 is 2.75 bits per heavy atom. The van der Waals surface area contributed by atoms with E-state index in [9.17, 15) is 9.59 Å². The molecule has 0 unspecified atom stereocenters. The lowest BCUT2D eigenvalue weighted by molar-refractivity contribution is -0.144. The molecular formula is C22H23NO5. The van der Waals surface area contributed by atoms with Gasteiger partial charge in [-0.25, -0.2) is 4.79 Å². The lowest BCUT2D eigenvalue weighted by atomic mass is 10.1. The number of hydrogen-bond acceptors (Lipinski definition) is 5. The smallest absolute Gasteiger partial charge is 0.331 e. The molecule has 6 nitrogen and oxygen atoms in total. The third kappa shape index (κ3) is 5.87. The first-order valence-electron chi connectivity index (χ1n) is 9.18. The van der Waals surface area contributed by atoms with Gasteiger partial charge in [-0.3, -0.25) is 4.79 Å². The Morgan fingerprint density at radius 1 is 1.14 bits per heavy atom. The number of aryl methyl sites for hydroxylation is 1. The molecule has 146 valence electrons. The number of esters is 1. The van der Waals surface area contributed by atoms with Crippen LogP contribution in [0.2, 0.25) is 0 Å². The lowest BCUT2D eigenvalue weighted by Crippen LogP contribution is -2.36. The van der Waals surface area contributed by atoms with E-state index in [0.717, 1.165) is 18.4 Å². The van der Waals surface area contributed by atoms with Gasteiger partial charge in [0.15, 0.2) is 18.1 Å². The van der Waals surface area contributed by atoms with Gasteiger partial charge in [0, 0.05) is 12.1 Å². The number of hydrogen-bond donors (Lipinski definition) is 1. The predicted octanol–water partition coefficient (Wildman–Crippen LogP) is 3.11. The molecule has 1 aliphatic heterocycles. The van der Waals surface area contributed by atoms with Crippen molar-refractivity contribution in [3.63, 3.8) is 0 Å². The van der Waals surface area contributed by atoms with Crippen molar-refractivity contribution in [1.29, 1.82) is 0 Å². The average Bonchev–Trinajstić information content (AvgIpc) is 3.18. The summed E-state index contributed by atoms with van der Waals surface area (Å²) in [5.41, 5.74) is 2.00. The number of carbonyl (C=O) groups is 2. The highest BCUT2D eigenvalue weighted by atomic mass is 16.7. The van der Waals surface area contributed by atoms with Crippen LogP contribution in [-0.2, 0) is 20.7 Å². The molecule has 1 amide bonds. The Morgan fingerprint density at radius 2 is 1.93 bits per heavy atom. The summed E-state index contributed by atoms with van der Waals surface area (Å²) in [5, 5.41) is 2.84. The first-order valence-corrected chi connectivity index (χ1v) is 9.18. The first-order chi connectivity index (χ1) is 13.6. The second-order valence-electron chi connectivity index (χ2n) is 6.55. The van der Waals surface area contributed by atoms with Crippen LogP contribution in [0.5, 0.6) is 11.5 Å². The van der Waals surface area contributed by atoms with Crippen LogP contribution < -0.4 is 14.8 Å². The molecule has 0 bridgehead atoms. The summed E-state index contributed by atoms with van der Waals surface area (Å²) >= 11 is 0. The number of fused-ring (bicyclic) bond motifs is 1. The third-order valence-corrected chi connectivity index (χ3v) is 4.27. The van der Waals surface area contributed by atoms with Crippen molar-refractivity contribution >= 4 is 18.0 Å². The van der Waals surface area contributed by atoms with Crippen molar-refractivity contribution in [3.05, 3.63) is 65.7 Å². The zero-order valence-electron chi connectivity index (χ0n) is 15.7. The maximum absolute atomic E-state index is 11.9. The van der Waals surface area contributed by atoms with Crippen LogP contribution in [0.1, 0.15) is 24.5 Å². The molecule has 1 aliphatic rings. The summed E-state index contributed by atoms with van der Waals surface area (Å²) in [4.78, 5) is 23.7. The van der Waals surface area contributed by atoms with Crippen LogP contribution in [0.4, 0.5) is 0 Å². The fourth-order valence-corrected chi connectivity index (χ4v) is 2.78. The molecule has 0 fully saturated rings. The maximum Gasteiger partial charge on any atom is 0.331 e. The summed E-state index contributed by atoms with van der Waals surface area (Å²) in [6.45, 7) is 1.83. The molecule has 0 aliphatic carbocycles. The molecule has 1 heterocycles. The van der Waals surface area contributed by atoms with Crippen molar-refractivity contribution in [2.75, 3.05) is 13.4 Å². The number of carbonyl (C=O) groups excluding carboxylic acids is 2. The van der Waals surface area contributed by atoms with Crippen LogP contribution in [0.3, 0.4) is 0 Å². The molecule has 2 aromatic carbocycles. The molecule has 1 N–H and O–H groups in total. The molecule has 0 saturated carbocycles. The van der Waals surface area contributed by atoms with E-state index in [-0.39, 0.29) is 25.3 Å². The second kappa shape index (κ2) is 9.60. The standard InChI is InChI=1S/C22H23NO5/c1-16(7-8-17-5-3-2-4-6-17)23-21(24)14-26-22(25)12-10-18-9-11-19-20(13-18)28-15-27-19/h2-6,9-13,16H,7-8,14-15H2,1H3,(H,23,24)/b12-10+/t16-/m1/s1. The van der Waals surface area contributed by atoms with Gasteiger partial charge in [-0.1, -0.05) is 36.4 Å². The topological polar surface area (TPSA) is 73.9 Å². The van der Waals surface area contributed by atoms with Crippen molar-refractivity contribution < 1.29 is 23.8 Å². The Kier molecular flexibility index (Phi) is 6.68. The number of ether oxygens (including phenoxy) is 3. The highest BCUT2D eigenvalue weighted by Crippen LogP contribution is 2.32. The zero-order chi connectivity index (χ0) is 19.8. The molecular weight excluding hydrogens is 358 g/mol. The SMILES string of the molecule is C[C@H](CCc1ccccc1)NC(=O)COC(=O)/C=C/c1ccc2c(c1)OCO2. The minimum Gasteiger partial charge on any atom is -0.454 e. The van der Waals surface area contributed by atoms with Crippen LogP contribution >= 0.6 is 0 Å². The van der Waals surface area contributed by atoms with Crippen LogP contribution in [0.15, 0.2) is 54.6 Å². The summed E-state index contributed by atoms with van der Waals surface area (Å²) in [7, 11) is 0. The molecule has 0 spiro atoms. The molecule has 1 atom stereocenters. The third-order valence-electron chi connectivity index (χ3n) is 4.27. The Balaban J connectivity index is 1.37. The van der Waals surface area contributed by atoms with Crippen LogP contribution in [0, 0.1) is 0 Å². The predicted molar refractivity (Wildman–Crippen MR) is 105 cm³/mol. The van der Waals surface area contributed by atoms with Gasteiger partial charge in [0.25, 0.3) is 5.91 Å². The monoisotopic (exact) mass is 381 g/mol. The van der Waals surface area contributed by atoms with Gasteiger partial charge in [-0.2, -0.15) is 0 Å². The quantitative estimate of drug-likeness (QED) is 0.562. The van der Waals surface area contributed by atoms with E-state index >= 15 is 0 Å². The molecule has 28 heavy (non-hydrogen) atoms. The molecule has 0 radical (unpaired) electrons. The largest absolute Gasteiger partial charge is 0.454 e. The fourth-order valence-electron chi connectivity index (χ4n) is 2.78. The van der Waals surface area contributed by atoms with Crippen molar-refractivity contribution in [2.24, 2.45) is 0 Å². The minimum absolute atomic E-state index is 0.00409. The average molecular weight is 381 g/mol. The normalized spacial score (nSPS) is 13.3. The summed E-state index contributed by atoms with van der Waals surface area (Å²) in [6, 6.07) is 15.4. The molecule has 3 rings (SSSR count). The first kappa shape index (κ1) is 19.5. The summed E-state index contributed by atoms with van der Waals surface area (Å²) in [6.07, 6.45) is 4.57. The van der Waals surface area contributed by atoms with E-state index in [0.29, 0.717) is 11.5 Å². The number of nitrogens with one attached hydrogen (secondary N) is 1. The van der Waals surface area contributed by atoms with Crippen molar-refractivity contribution in [1.82, 2.24) is 5.32 Å². The maximum atomic E-state index is 11.9. The van der Waals surface area contributed by atoms with Gasteiger partial charge in [0.1, 0.15) is 0 Å². The van der Waals surface area contributed by atoms with Crippen LogP contribution in [-0.4, -0.2) is 31.3 Å². The van der Waals surface area contributed by atoms with Gasteiger partial charge in [0.05, 0.1) is 0 Å². The highest BCUT2D eigenvalue weighted by Gasteiger charge is 2.13. The molecule has 0 aromatic heterocycles. The van der Waals surface area contributed by atoms with Gasteiger partial charge < -0.3 is 19.5 Å². The molecule has 2 aromatic rings. The van der Waals surface area contributed by atoms with E-state index in [2.05, 4.69) is 17.4 Å². The Hall–Kier alpha value is -3.28. The second-order valence-corrected chi connectivity index (χ2v) is 6.55. The van der Waals surface area contributed by atoms with Crippen LogP contribution in [0.25, 0.3) is 6.08 Å².